The summed E-state index contributed by atoms with van der Waals surface area (Å²) in [6.07, 6.45) is 5.44. The van der Waals surface area contributed by atoms with Gasteiger partial charge >= 0.3 is 6.01 Å². The van der Waals surface area contributed by atoms with Gasteiger partial charge in [0.15, 0.2) is 0 Å². The number of thioether (sulfide) groups is 1. The standard InChI is InChI=1S/C13H25N5OS/c1-4-8-14-11-16-12(15-9-6-7-10-20-3)18-13(17-11)19-5-2/h4-10H2,1-3H3,(H2,14,15,16,17,18). The van der Waals surface area contributed by atoms with Crippen molar-refractivity contribution in [2.45, 2.75) is 33.1 Å². The van der Waals surface area contributed by atoms with E-state index < -0.39 is 0 Å². The van der Waals surface area contributed by atoms with Crippen molar-refractivity contribution in [1.29, 1.82) is 0 Å². The summed E-state index contributed by atoms with van der Waals surface area (Å²) in [5.41, 5.74) is 0. The Hall–Kier alpha value is -1.24. The van der Waals surface area contributed by atoms with Gasteiger partial charge < -0.3 is 15.4 Å². The Morgan fingerprint density at radius 2 is 1.70 bits per heavy atom. The quantitative estimate of drug-likeness (QED) is 0.609. The van der Waals surface area contributed by atoms with E-state index in [0.29, 0.717) is 24.5 Å². The monoisotopic (exact) mass is 299 g/mol. The topological polar surface area (TPSA) is 72.0 Å². The van der Waals surface area contributed by atoms with E-state index in [2.05, 4.69) is 38.8 Å². The van der Waals surface area contributed by atoms with Crippen LogP contribution >= 0.6 is 11.8 Å². The average molecular weight is 299 g/mol. The predicted molar refractivity (Wildman–Crippen MR) is 85.9 cm³/mol. The zero-order chi connectivity index (χ0) is 14.6. The summed E-state index contributed by atoms with van der Waals surface area (Å²) in [6.45, 7) is 6.26. The molecule has 7 heteroatoms. The molecule has 0 aromatic carbocycles. The Kier molecular flexibility index (Phi) is 8.86. The highest BCUT2D eigenvalue weighted by molar-refractivity contribution is 7.98. The van der Waals surface area contributed by atoms with Gasteiger partial charge in [-0.2, -0.15) is 26.7 Å². The first kappa shape index (κ1) is 16.8. The first-order chi connectivity index (χ1) is 9.80. The van der Waals surface area contributed by atoms with Crippen molar-refractivity contribution >= 4 is 23.7 Å². The summed E-state index contributed by atoms with van der Waals surface area (Å²) < 4.78 is 5.37. The summed E-state index contributed by atoms with van der Waals surface area (Å²) in [5.74, 6) is 2.33. The third-order valence-electron chi connectivity index (χ3n) is 2.48. The second-order valence-corrected chi connectivity index (χ2v) is 5.24. The highest BCUT2D eigenvalue weighted by atomic mass is 32.2. The smallest absolute Gasteiger partial charge is 0.323 e. The molecule has 0 fully saturated rings. The van der Waals surface area contributed by atoms with E-state index in [9.17, 15) is 0 Å². The SMILES string of the molecule is CCCNc1nc(NCCCCSC)nc(OCC)n1. The lowest BCUT2D eigenvalue weighted by Crippen LogP contribution is -2.12. The molecule has 1 heterocycles. The molecule has 0 bridgehead atoms. The first-order valence-electron chi connectivity index (χ1n) is 7.15. The summed E-state index contributed by atoms with van der Waals surface area (Å²) in [6, 6.07) is 0.368. The minimum Gasteiger partial charge on any atom is -0.464 e. The third kappa shape index (κ3) is 6.79. The molecule has 0 radical (unpaired) electrons. The fourth-order valence-corrected chi connectivity index (χ4v) is 2.01. The van der Waals surface area contributed by atoms with Gasteiger partial charge in [-0.25, -0.2) is 0 Å². The van der Waals surface area contributed by atoms with Gasteiger partial charge in [-0.05, 0) is 38.2 Å². The van der Waals surface area contributed by atoms with E-state index in [1.165, 1.54) is 12.2 Å². The molecule has 20 heavy (non-hydrogen) atoms. The molecular formula is C13H25N5OS. The minimum atomic E-state index is 0.368. The summed E-state index contributed by atoms with van der Waals surface area (Å²) in [7, 11) is 0. The Morgan fingerprint density at radius 1 is 1.00 bits per heavy atom. The Labute approximate surface area is 125 Å². The van der Waals surface area contributed by atoms with E-state index in [-0.39, 0.29) is 0 Å². The van der Waals surface area contributed by atoms with Crippen molar-refractivity contribution in [3.63, 3.8) is 0 Å². The maximum absolute atomic E-state index is 5.37. The fraction of sp³-hybridized carbons (Fsp3) is 0.769. The van der Waals surface area contributed by atoms with Crippen LogP contribution in [-0.2, 0) is 0 Å². The van der Waals surface area contributed by atoms with E-state index in [0.717, 1.165) is 25.9 Å². The summed E-state index contributed by atoms with van der Waals surface area (Å²) in [4.78, 5) is 12.8. The number of nitrogens with one attached hydrogen (secondary N) is 2. The van der Waals surface area contributed by atoms with Gasteiger partial charge in [0.2, 0.25) is 11.9 Å². The van der Waals surface area contributed by atoms with Crippen molar-refractivity contribution in [3.8, 4) is 6.01 Å². The lowest BCUT2D eigenvalue weighted by molar-refractivity contribution is 0.312. The average Bonchev–Trinajstić information content (AvgIpc) is 2.45. The van der Waals surface area contributed by atoms with Crippen LogP contribution in [0, 0.1) is 0 Å². The van der Waals surface area contributed by atoms with Crippen LogP contribution in [0.4, 0.5) is 11.9 Å². The normalized spacial score (nSPS) is 10.3. The molecule has 0 aliphatic rings. The zero-order valence-corrected chi connectivity index (χ0v) is 13.4. The molecule has 0 saturated heterocycles. The van der Waals surface area contributed by atoms with Crippen molar-refractivity contribution in [1.82, 2.24) is 15.0 Å². The molecule has 1 aromatic rings. The number of hydrogen-bond acceptors (Lipinski definition) is 7. The van der Waals surface area contributed by atoms with Gasteiger partial charge in [0.25, 0.3) is 0 Å². The van der Waals surface area contributed by atoms with Crippen LogP contribution in [0.5, 0.6) is 6.01 Å². The Morgan fingerprint density at radius 3 is 2.30 bits per heavy atom. The summed E-state index contributed by atoms with van der Waals surface area (Å²) in [5, 5.41) is 6.39. The third-order valence-corrected chi connectivity index (χ3v) is 3.18. The molecule has 0 aliphatic heterocycles. The number of nitrogens with zero attached hydrogens (tertiary/aromatic N) is 3. The van der Waals surface area contributed by atoms with Crippen molar-refractivity contribution in [3.05, 3.63) is 0 Å². The zero-order valence-electron chi connectivity index (χ0n) is 12.6. The number of unbranched alkanes of at least 4 members (excludes halogenated alkanes) is 1. The van der Waals surface area contributed by atoms with Gasteiger partial charge in [0.05, 0.1) is 6.61 Å². The Balaban J connectivity index is 2.55. The second kappa shape index (κ2) is 10.5. The molecule has 2 N–H and O–H groups in total. The molecule has 0 saturated carbocycles. The predicted octanol–water partition coefficient (Wildman–Crippen LogP) is 2.65. The summed E-state index contributed by atoms with van der Waals surface area (Å²) >= 11 is 1.87. The molecule has 0 spiro atoms. The van der Waals surface area contributed by atoms with Gasteiger partial charge in [0.1, 0.15) is 0 Å². The van der Waals surface area contributed by atoms with Gasteiger partial charge in [-0.1, -0.05) is 6.92 Å². The first-order valence-corrected chi connectivity index (χ1v) is 8.55. The highest BCUT2D eigenvalue weighted by Gasteiger charge is 2.06. The molecule has 1 rings (SSSR count). The number of anilines is 2. The maximum Gasteiger partial charge on any atom is 0.323 e. The van der Waals surface area contributed by atoms with Crippen LogP contribution in [0.1, 0.15) is 33.1 Å². The molecule has 114 valence electrons. The largest absolute Gasteiger partial charge is 0.464 e. The molecule has 0 amide bonds. The van der Waals surface area contributed by atoms with Gasteiger partial charge in [-0.15, -0.1) is 0 Å². The van der Waals surface area contributed by atoms with Crippen molar-refractivity contribution in [2.75, 3.05) is 42.3 Å². The van der Waals surface area contributed by atoms with Gasteiger partial charge in [-0.3, -0.25) is 0 Å². The molecular weight excluding hydrogens is 274 g/mol. The van der Waals surface area contributed by atoms with Crippen molar-refractivity contribution in [2.24, 2.45) is 0 Å². The minimum absolute atomic E-state index is 0.368. The lowest BCUT2D eigenvalue weighted by Gasteiger charge is -2.09. The van der Waals surface area contributed by atoms with Crippen LogP contribution in [0.3, 0.4) is 0 Å². The molecule has 0 unspecified atom stereocenters. The van der Waals surface area contributed by atoms with E-state index in [1.54, 1.807) is 0 Å². The van der Waals surface area contributed by atoms with Crippen LogP contribution < -0.4 is 15.4 Å². The van der Waals surface area contributed by atoms with E-state index in [1.807, 2.05) is 18.7 Å². The van der Waals surface area contributed by atoms with Crippen molar-refractivity contribution < 1.29 is 4.74 Å². The highest BCUT2D eigenvalue weighted by Crippen LogP contribution is 2.11. The van der Waals surface area contributed by atoms with Crippen LogP contribution in [0.2, 0.25) is 0 Å². The van der Waals surface area contributed by atoms with Gasteiger partial charge in [0, 0.05) is 13.1 Å². The number of hydrogen-bond donors (Lipinski definition) is 2. The molecule has 0 atom stereocenters. The van der Waals surface area contributed by atoms with Crippen LogP contribution in [0.15, 0.2) is 0 Å². The Bertz CT molecular complexity index is 378. The van der Waals surface area contributed by atoms with E-state index >= 15 is 0 Å². The fourth-order valence-electron chi connectivity index (χ4n) is 1.52. The molecule has 1 aromatic heterocycles. The van der Waals surface area contributed by atoms with E-state index in [4.69, 9.17) is 4.74 Å². The maximum atomic E-state index is 5.37. The molecule has 0 aliphatic carbocycles. The van der Waals surface area contributed by atoms with Crippen LogP contribution in [0.25, 0.3) is 0 Å². The number of rotatable bonds is 11. The molecule has 6 nitrogen and oxygen atoms in total. The number of aromatic nitrogens is 3. The lowest BCUT2D eigenvalue weighted by atomic mass is 10.3. The van der Waals surface area contributed by atoms with Crippen LogP contribution in [-0.4, -0.2) is 46.7 Å². The second-order valence-electron chi connectivity index (χ2n) is 4.25. The number of ether oxygens (including phenoxy) is 1.